The number of ether oxygens (including phenoxy) is 1. The number of nitrogens with one attached hydrogen (secondary N) is 3. The van der Waals surface area contributed by atoms with Gasteiger partial charge < -0.3 is 20.7 Å². The molecule has 1 fully saturated rings. The predicted molar refractivity (Wildman–Crippen MR) is 165 cm³/mol. The molecule has 42 heavy (non-hydrogen) atoms. The lowest BCUT2D eigenvalue weighted by atomic mass is 9.74. The van der Waals surface area contributed by atoms with Gasteiger partial charge in [-0.1, -0.05) is 50.3 Å². The van der Waals surface area contributed by atoms with Crippen LogP contribution in [0.25, 0.3) is 0 Å². The Bertz CT molecular complexity index is 1310. The Kier molecular flexibility index (Phi) is 9.62. The summed E-state index contributed by atoms with van der Waals surface area (Å²) in [7, 11) is 0. The van der Waals surface area contributed by atoms with E-state index < -0.39 is 5.41 Å². The van der Waals surface area contributed by atoms with Crippen LogP contribution in [-0.2, 0) is 22.4 Å². The molecule has 1 aliphatic carbocycles. The molecule has 0 aromatic heterocycles. The molecule has 0 saturated carbocycles. The first-order valence-corrected chi connectivity index (χ1v) is 15.4. The minimum atomic E-state index is -0.582. The number of fused-ring (bicyclic) bond motifs is 2. The number of piperidine rings is 1. The third-order valence-corrected chi connectivity index (χ3v) is 9.06. The van der Waals surface area contributed by atoms with E-state index in [1.807, 2.05) is 36.4 Å². The average molecular weight is 573 g/mol. The van der Waals surface area contributed by atoms with Crippen LogP contribution in [0.5, 0.6) is 5.75 Å². The van der Waals surface area contributed by atoms with Gasteiger partial charge in [-0.05, 0) is 93.3 Å². The Morgan fingerprint density at radius 1 is 1.05 bits per heavy atom. The number of likely N-dealkylation sites (tertiary alicyclic amines) is 1. The van der Waals surface area contributed by atoms with E-state index >= 15 is 0 Å². The van der Waals surface area contributed by atoms with Gasteiger partial charge in [-0.25, -0.2) is 0 Å². The van der Waals surface area contributed by atoms with Crippen molar-refractivity contribution in [3.8, 4) is 5.75 Å². The molecule has 3 aliphatic rings. The number of amides is 3. The normalized spacial score (nSPS) is 22.1. The van der Waals surface area contributed by atoms with Crippen molar-refractivity contribution in [2.24, 2.45) is 11.3 Å². The van der Waals surface area contributed by atoms with E-state index in [0.717, 1.165) is 24.9 Å². The van der Waals surface area contributed by atoms with Gasteiger partial charge in [0.05, 0.1) is 23.6 Å². The van der Waals surface area contributed by atoms with E-state index in [9.17, 15) is 14.4 Å². The number of carbonyl (C=O) groups excluding carboxylic acids is 3. The zero-order valence-corrected chi connectivity index (χ0v) is 24.9. The van der Waals surface area contributed by atoms with Crippen LogP contribution >= 0.6 is 0 Å². The molecule has 0 unspecified atom stereocenters. The number of benzene rings is 2. The number of para-hydroxylation sites is 1. The van der Waals surface area contributed by atoms with Gasteiger partial charge in [0.15, 0.2) is 0 Å². The monoisotopic (exact) mass is 572 g/mol. The van der Waals surface area contributed by atoms with Crippen LogP contribution in [0.3, 0.4) is 0 Å². The van der Waals surface area contributed by atoms with Crippen molar-refractivity contribution in [1.29, 1.82) is 0 Å². The molecular weight excluding hydrogens is 528 g/mol. The van der Waals surface area contributed by atoms with Gasteiger partial charge in [-0.3, -0.25) is 19.3 Å². The molecule has 3 N–H and O–H groups in total. The van der Waals surface area contributed by atoms with E-state index in [2.05, 4.69) is 40.8 Å². The van der Waals surface area contributed by atoms with Crippen molar-refractivity contribution in [2.75, 3.05) is 38.1 Å². The Morgan fingerprint density at radius 2 is 1.83 bits per heavy atom. The first kappa shape index (κ1) is 29.8. The molecule has 224 valence electrons. The first-order valence-electron chi connectivity index (χ1n) is 15.4. The zero-order valence-electron chi connectivity index (χ0n) is 24.9. The summed E-state index contributed by atoms with van der Waals surface area (Å²) in [6, 6.07) is 13.2. The number of allylic oxidation sites excluding steroid dienone is 1. The Morgan fingerprint density at radius 3 is 2.64 bits per heavy atom. The number of carbonyl (C=O) groups is 3. The van der Waals surface area contributed by atoms with Crippen molar-refractivity contribution in [3.05, 3.63) is 71.3 Å². The number of rotatable bonds is 4. The molecule has 1 atom stereocenters. The van der Waals surface area contributed by atoms with E-state index in [1.165, 1.54) is 17.5 Å². The number of hydrogen-bond acceptors (Lipinski definition) is 5. The quantitative estimate of drug-likeness (QED) is 0.469. The molecule has 8 heteroatoms. The van der Waals surface area contributed by atoms with Crippen LogP contribution in [0, 0.1) is 11.3 Å². The van der Waals surface area contributed by atoms with Crippen LogP contribution in [-0.4, -0.2) is 61.4 Å². The summed E-state index contributed by atoms with van der Waals surface area (Å²) in [6.07, 6.45) is 10.3. The Balaban J connectivity index is 1.25. The molecule has 5 rings (SSSR count). The second kappa shape index (κ2) is 13.6. The Hall–Kier alpha value is -3.65. The summed E-state index contributed by atoms with van der Waals surface area (Å²) in [5.41, 5.74) is 3.47. The third-order valence-electron chi connectivity index (χ3n) is 9.06. The third kappa shape index (κ3) is 7.04. The van der Waals surface area contributed by atoms with Crippen LogP contribution in [0.15, 0.2) is 54.6 Å². The molecule has 1 saturated heterocycles. The second-order valence-corrected chi connectivity index (χ2v) is 12.3. The van der Waals surface area contributed by atoms with E-state index in [4.69, 9.17) is 4.74 Å². The largest absolute Gasteiger partial charge is 0.491 e. The molecule has 2 aromatic rings. The fourth-order valence-electron chi connectivity index (χ4n) is 6.28. The number of aryl methyl sites for hydroxylation is 1. The van der Waals surface area contributed by atoms with Gasteiger partial charge in [-0.2, -0.15) is 0 Å². The highest BCUT2D eigenvalue weighted by molar-refractivity contribution is 5.97. The van der Waals surface area contributed by atoms with Crippen LogP contribution in [0.1, 0.15) is 67.4 Å². The Labute approximate surface area is 249 Å². The van der Waals surface area contributed by atoms with Gasteiger partial charge in [0.1, 0.15) is 12.4 Å². The van der Waals surface area contributed by atoms with Gasteiger partial charge >= 0.3 is 0 Å². The number of hydrogen-bond donors (Lipinski definition) is 3. The number of nitrogens with zero attached hydrogens (tertiary/aromatic N) is 1. The molecule has 2 aromatic carbocycles. The molecule has 8 nitrogen and oxygen atoms in total. The zero-order chi connectivity index (χ0) is 29.5. The fraction of sp³-hybridized carbons (Fsp3) is 0.500. The van der Waals surface area contributed by atoms with E-state index in [0.29, 0.717) is 56.8 Å². The minimum Gasteiger partial charge on any atom is -0.491 e. The van der Waals surface area contributed by atoms with Gasteiger partial charge in [-0.15, -0.1) is 0 Å². The fourth-order valence-corrected chi connectivity index (χ4v) is 6.28. The smallest absolute Gasteiger partial charge is 0.255 e. The highest BCUT2D eigenvalue weighted by atomic mass is 16.5. The molecule has 0 radical (unpaired) electrons. The van der Waals surface area contributed by atoms with Gasteiger partial charge in [0, 0.05) is 12.2 Å². The highest BCUT2D eigenvalue weighted by Crippen LogP contribution is 2.36. The van der Waals surface area contributed by atoms with Crippen LogP contribution in [0.4, 0.5) is 5.69 Å². The van der Waals surface area contributed by atoms with Crippen LogP contribution in [0.2, 0.25) is 0 Å². The van der Waals surface area contributed by atoms with Crippen molar-refractivity contribution < 1.29 is 19.1 Å². The minimum absolute atomic E-state index is 0.00618. The van der Waals surface area contributed by atoms with Crippen molar-refractivity contribution in [3.63, 3.8) is 0 Å². The summed E-state index contributed by atoms with van der Waals surface area (Å²) in [5.74, 6) is 0.489. The lowest BCUT2D eigenvalue weighted by Crippen LogP contribution is -2.54. The van der Waals surface area contributed by atoms with Crippen LogP contribution < -0.4 is 20.7 Å². The maximum absolute atomic E-state index is 13.9. The van der Waals surface area contributed by atoms with Crippen molar-refractivity contribution >= 4 is 23.4 Å². The SMILES string of the molecule is CC(C)[C@@H]1COc2ccccc2C(=O)NC/C=C/CC2(CCN(CC(=O)Nc3cccc4c3CCCC4)CC2)C(=O)N1. The summed E-state index contributed by atoms with van der Waals surface area (Å²) in [6.45, 7) is 6.40. The summed E-state index contributed by atoms with van der Waals surface area (Å²) < 4.78 is 6.10. The summed E-state index contributed by atoms with van der Waals surface area (Å²) >= 11 is 0. The van der Waals surface area contributed by atoms with E-state index in [1.54, 1.807) is 12.1 Å². The van der Waals surface area contributed by atoms with Gasteiger partial charge in [0.2, 0.25) is 11.8 Å². The van der Waals surface area contributed by atoms with Crippen molar-refractivity contribution in [1.82, 2.24) is 15.5 Å². The standard InChI is InChI=1S/C34H44N4O4/c1-24(2)29-23-42-30-15-6-5-13-27(30)32(40)35-19-8-7-16-34(33(41)37-29)17-20-38(21-18-34)22-31(39)36-28-14-9-11-25-10-3-4-12-26(25)28/h5-9,11,13-15,24,29H,3-4,10,12,16-23H2,1-2H3,(H,35,40)(H,36,39)(H,37,41)/b8-7+/t29-/m0/s1. The van der Waals surface area contributed by atoms with Crippen molar-refractivity contribution in [2.45, 2.75) is 64.8 Å². The number of anilines is 1. The molecule has 0 bridgehead atoms. The molecule has 1 spiro atoms. The summed E-state index contributed by atoms with van der Waals surface area (Å²) in [4.78, 5) is 41.9. The topological polar surface area (TPSA) is 99.8 Å². The first-order chi connectivity index (χ1) is 20.3. The molecule has 3 amide bonds. The second-order valence-electron chi connectivity index (χ2n) is 12.3. The lowest BCUT2D eigenvalue weighted by Gasteiger charge is -2.41. The van der Waals surface area contributed by atoms with E-state index in [-0.39, 0.29) is 36.3 Å². The highest BCUT2D eigenvalue weighted by Gasteiger charge is 2.41. The molecular formula is C34H44N4O4. The lowest BCUT2D eigenvalue weighted by molar-refractivity contribution is -0.135. The molecule has 2 aliphatic heterocycles. The van der Waals surface area contributed by atoms with Gasteiger partial charge in [0.25, 0.3) is 5.91 Å². The predicted octanol–water partition coefficient (Wildman–Crippen LogP) is 4.50. The maximum atomic E-state index is 13.9. The average Bonchev–Trinajstić information content (AvgIpc) is 2.99. The summed E-state index contributed by atoms with van der Waals surface area (Å²) in [5, 5.41) is 9.40. The molecule has 2 heterocycles. The maximum Gasteiger partial charge on any atom is 0.255 e.